The molecule has 10 N–H and O–H groups in total. The van der Waals surface area contributed by atoms with E-state index in [1.54, 1.807) is 0 Å². The number of rotatable bonds is 7. The van der Waals surface area contributed by atoms with Crippen molar-refractivity contribution >= 4 is 17.9 Å². The molecular formula is C7H17N7O2. The highest BCUT2D eigenvalue weighted by atomic mass is 16.4. The Balaban J connectivity index is 4.00. The number of carbonyl (C=O) groups is 1. The van der Waals surface area contributed by atoms with Gasteiger partial charge in [0.2, 0.25) is 5.96 Å². The molecule has 1 atom stereocenters. The van der Waals surface area contributed by atoms with Crippen molar-refractivity contribution in [2.45, 2.75) is 18.9 Å². The molecule has 0 spiro atoms. The average molecular weight is 231 g/mol. The molecule has 0 radical (unpaired) electrons. The van der Waals surface area contributed by atoms with Gasteiger partial charge in [-0.1, -0.05) is 0 Å². The first-order chi connectivity index (χ1) is 7.43. The van der Waals surface area contributed by atoms with Crippen LogP contribution in [0.25, 0.3) is 0 Å². The monoisotopic (exact) mass is 231 g/mol. The summed E-state index contributed by atoms with van der Waals surface area (Å²) >= 11 is 0. The van der Waals surface area contributed by atoms with Crippen molar-refractivity contribution in [1.82, 2.24) is 5.43 Å². The summed E-state index contributed by atoms with van der Waals surface area (Å²) < 4.78 is 0. The van der Waals surface area contributed by atoms with Gasteiger partial charge in [-0.2, -0.15) is 0 Å². The highest BCUT2D eigenvalue weighted by Crippen LogP contribution is 1.98. The van der Waals surface area contributed by atoms with E-state index in [0.717, 1.165) is 0 Å². The summed E-state index contributed by atoms with van der Waals surface area (Å²) in [6.07, 6.45) is 0.810. The molecule has 0 aliphatic carbocycles. The van der Waals surface area contributed by atoms with Crippen molar-refractivity contribution in [1.29, 1.82) is 0 Å². The quantitative estimate of drug-likeness (QED) is 0.119. The Labute approximate surface area is 92.6 Å². The van der Waals surface area contributed by atoms with Gasteiger partial charge in [0.25, 0.3) is 0 Å². The van der Waals surface area contributed by atoms with E-state index in [4.69, 9.17) is 28.0 Å². The Bertz CT molecular complexity index is 280. The molecule has 0 saturated heterocycles. The Hall–Kier alpha value is -2.19. The van der Waals surface area contributed by atoms with Crippen LogP contribution in [0.2, 0.25) is 0 Å². The molecule has 0 heterocycles. The summed E-state index contributed by atoms with van der Waals surface area (Å²) in [6, 6.07) is -0.865. The van der Waals surface area contributed by atoms with Gasteiger partial charge in [0.05, 0.1) is 0 Å². The van der Waals surface area contributed by atoms with E-state index in [1.807, 2.05) is 0 Å². The van der Waals surface area contributed by atoms with Gasteiger partial charge in [0.15, 0.2) is 5.96 Å². The second-order valence-corrected chi connectivity index (χ2v) is 3.01. The van der Waals surface area contributed by atoms with Crippen LogP contribution < -0.4 is 28.4 Å². The smallest absolute Gasteiger partial charge is 0.327 e. The van der Waals surface area contributed by atoms with Gasteiger partial charge < -0.3 is 28.0 Å². The molecule has 92 valence electrons. The molecule has 0 aromatic rings. The zero-order chi connectivity index (χ0) is 12.6. The largest absolute Gasteiger partial charge is 0.480 e. The summed E-state index contributed by atoms with van der Waals surface area (Å²) in [5, 5.41) is 12.2. The Morgan fingerprint density at radius 3 is 2.31 bits per heavy atom. The van der Waals surface area contributed by atoms with Gasteiger partial charge in [0.1, 0.15) is 6.04 Å². The van der Waals surface area contributed by atoms with Crippen LogP contribution in [0.3, 0.4) is 0 Å². The van der Waals surface area contributed by atoms with Crippen LogP contribution in [0, 0.1) is 0 Å². The van der Waals surface area contributed by atoms with Crippen molar-refractivity contribution in [3.8, 4) is 0 Å². The number of guanidine groups is 2. The molecule has 0 saturated carbocycles. The number of nitrogens with two attached hydrogens (primary N) is 4. The van der Waals surface area contributed by atoms with Crippen LogP contribution in [0.15, 0.2) is 10.1 Å². The maximum atomic E-state index is 10.7. The second kappa shape index (κ2) is 7.15. The lowest BCUT2D eigenvalue weighted by Gasteiger charge is -2.10. The van der Waals surface area contributed by atoms with Crippen molar-refractivity contribution in [3.05, 3.63) is 0 Å². The van der Waals surface area contributed by atoms with E-state index in [0.29, 0.717) is 19.4 Å². The number of hydrazone groups is 1. The first-order valence-electron chi connectivity index (χ1n) is 4.56. The topological polar surface area (TPSA) is 178 Å². The number of nitrogens with zero attached hydrogens (tertiary/aromatic N) is 2. The number of hydrogen-bond acceptors (Lipinski definition) is 4. The van der Waals surface area contributed by atoms with Crippen LogP contribution in [-0.4, -0.2) is 35.6 Å². The highest BCUT2D eigenvalue weighted by molar-refractivity contribution is 5.77. The fraction of sp³-hybridized carbons (Fsp3) is 0.571. The second-order valence-electron chi connectivity index (χ2n) is 3.01. The van der Waals surface area contributed by atoms with Gasteiger partial charge >= 0.3 is 5.97 Å². The fourth-order valence-corrected chi connectivity index (χ4v) is 0.899. The van der Waals surface area contributed by atoms with Gasteiger partial charge in [-0.05, 0) is 12.8 Å². The summed E-state index contributed by atoms with van der Waals surface area (Å²) in [5.74, 6) is -1.30. The molecule has 0 fully saturated rings. The summed E-state index contributed by atoms with van der Waals surface area (Å²) in [7, 11) is 0. The Kier molecular flexibility index (Phi) is 6.17. The third-order valence-electron chi connectivity index (χ3n) is 1.59. The molecule has 0 aliphatic heterocycles. The van der Waals surface area contributed by atoms with Crippen LogP contribution in [-0.2, 0) is 4.79 Å². The summed E-state index contributed by atoms with van der Waals surface area (Å²) in [6.45, 7) is 0.357. The third kappa shape index (κ3) is 7.24. The van der Waals surface area contributed by atoms with Crippen molar-refractivity contribution in [3.63, 3.8) is 0 Å². The molecule has 0 aliphatic rings. The molecule has 9 heteroatoms. The van der Waals surface area contributed by atoms with Crippen molar-refractivity contribution < 1.29 is 9.90 Å². The zero-order valence-electron chi connectivity index (χ0n) is 8.76. The minimum absolute atomic E-state index is 0.0240. The minimum atomic E-state index is -1.05. The van der Waals surface area contributed by atoms with E-state index < -0.39 is 12.0 Å². The lowest BCUT2D eigenvalue weighted by Crippen LogP contribution is -2.36. The number of hydrogen-bond donors (Lipinski definition) is 6. The molecule has 0 aromatic carbocycles. The van der Waals surface area contributed by atoms with Gasteiger partial charge in [-0.25, -0.2) is 4.79 Å². The number of nitrogens with one attached hydrogen (secondary N) is 1. The summed E-state index contributed by atoms with van der Waals surface area (Å²) in [4.78, 5) is 14.5. The van der Waals surface area contributed by atoms with E-state index in [9.17, 15) is 4.79 Å². The first-order valence-corrected chi connectivity index (χ1v) is 4.56. The molecule has 0 aromatic heterocycles. The third-order valence-corrected chi connectivity index (χ3v) is 1.59. The molecule has 9 nitrogen and oxygen atoms in total. The van der Waals surface area contributed by atoms with E-state index in [1.165, 1.54) is 0 Å². The molecule has 0 bridgehead atoms. The SMILES string of the molecule is NC(N)=NCCCC(NN=C(N)N)C(=O)O. The standard InChI is InChI=1S/C7H17N7O2/c8-6(9)12-3-1-2-4(5(15)16)13-14-7(10)11/h4,13H,1-3H2,(H,15,16)(H4,8,9,12)(H4,10,11,14). The molecule has 16 heavy (non-hydrogen) atoms. The van der Waals surface area contributed by atoms with Crippen molar-refractivity contribution in [2.24, 2.45) is 33.0 Å². The predicted octanol–water partition coefficient (Wildman–Crippen LogP) is -2.73. The lowest BCUT2D eigenvalue weighted by molar-refractivity contribution is -0.139. The van der Waals surface area contributed by atoms with E-state index in [2.05, 4.69) is 15.5 Å². The van der Waals surface area contributed by atoms with Crippen molar-refractivity contribution in [2.75, 3.05) is 6.54 Å². The Morgan fingerprint density at radius 1 is 1.25 bits per heavy atom. The number of aliphatic carboxylic acids is 1. The predicted molar refractivity (Wildman–Crippen MR) is 60.3 cm³/mol. The molecule has 0 rings (SSSR count). The van der Waals surface area contributed by atoms with Gasteiger partial charge in [-0.15, -0.1) is 5.10 Å². The highest BCUT2D eigenvalue weighted by Gasteiger charge is 2.15. The molecule has 0 amide bonds. The van der Waals surface area contributed by atoms with Crippen LogP contribution in [0.4, 0.5) is 0 Å². The van der Waals surface area contributed by atoms with E-state index >= 15 is 0 Å². The Morgan fingerprint density at radius 2 is 1.88 bits per heavy atom. The maximum Gasteiger partial charge on any atom is 0.327 e. The van der Waals surface area contributed by atoms with E-state index in [-0.39, 0.29) is 11.9 Å². The average Bonchev–Trinajstić information content (AvgIpc) is 2.15. The van der Waals surface area contributed by atoms with Gasteiger partial charge in [0, 0.05) is 6.54 Å². The lowest BCUT2D eigenvalue weighted by atomic mass is 10.2. The normalized spacial score (nSPS) is 11.2. The van der Waals surface area contributed by atoms with Crippen LogP contribution in [0.5, 0.6) is 0 Å². The zero-order valence-corrected chi connectivity index (χ0v) is 8.76. The number of aliphatic imine (C=N–C) groups is 1. The van der Waals surface area contributed by atoms with Crippen LogP contribution >= 0.6 is 0 Å². The van der Waals surface area contributed by atoms with Gasteiger partial charge in [-0.3, -0.25) is 10.4 Å². The minimum Gasteiger partial charge on any atom is -0.480 e. The number of carboxylic acid groups (broad SMARTS) is 1. The first kappa shape index (κ1) is 13.8. The maximum absolute atomic E-state index is 10.7. The number of carboxylic acids is 1. The molecule has 1 unspecified atom stereocenters. The fourth-order valence-electron chi connectivity index (χ4n) is 0.899. The summed E-state index contributed by atoms with van der Waals surface area (Å²) in [5.41, 5.74) is 22.7. The van der Waals surface area contributed by atoms with Crippen LogP contribution in [0.1, 0.15) is 12.8 Å². The molecular weight excluding hydrogens is 214 g/mol.